The van der Waals surface area contributed by atoms with E-state index in [9.17, 15) is 13.0 Å². The summed E-state index contributed by atoms with van der Waals surface area (Å²) < 4.78 is 33.7. The topological polar surface area (TPSA) is 105 Å². The quantitative estimate of drug-likeness (QED) is 0.281. The van der Waals surface area contributed by atoms with Crippen LogP contribution in [0.2, 0.25) is 0 Å². The van der Waals surface area contributed by atoms with Crippen LogP contribution < -0.4 is 5.73 Å². The molecule has 0 saturated heterocycles. The summed E-state index contributed by atoms with van der Waals surface area (Å²) in [7, 11) is -4.42. The molecule has 0 aliphatic rings. The van der Waals surface area contributed by atoms with Gasteiger partial charge < -0.3 is 5.73 Å². The summed E-state index contributed by atoms with van der Waals surface area (Å²) in [4.78, 5) is -0.253. The molecule has 0 aliphatic carbocycles. The molecule has 0 bridgehead atoms. The van der Waals surface area contributed by atoms with Gasteiger partial charge in [-0.05, 0) is 30.3 Å². The Morgan fingerprint density at radius 1 is 0.960 bits per heavy atom. The first-order chi connectivity index (χ1) is 11.4. The number of azo groups is 1. The van der Waals surface area contributed by atoms with Gasteiger partial charge in [-0.3, -0.25) is 4.55 Å². The molecule has 124 valence electrons. The number of hydrogen-bond donors (Lipinski definition) is 2. The Kier molecular flexibility index (Phi) is 6.36. The first-order valence-electron chi connectivity index (χ1n) is 6.82. The summed E-state index contributed by atoms with van der Waals surface area (Å²) in [5.74, 6) is 0. The minimum absolute atomic E-state index is 0. The van der Waals surface area contributed by atoms with E-state index in [1.54, 1.807) is 36.4 Å². The summed E-state index contributed by atoms with van der Waals surface area (Å²) in [6.07, 6.45) is 0. The van der Waals surface area contributed by atoms with Gasteiger partial charge in [-0.15, -0.1) is 5.11 Å². The van der Waals surface area contributed by atoms with Crippen LogP contribution in [0.4, 0.5) is 17.1 Å². The number of rotatable bonds is 3. The van der Waals surface area contributed by atoms with Crippen molar-refractivity contribution in [3.63, 3.8) is 0 Å². The van der Waals surface area contributed by atoms with Gasteiger partial charge >= 0.3 is 29.6 Å². The van der Waals surface area contributed by atoms with Gasteiger partial charge in [0.25, 0.3) is 10.1 Å². The van der Waals surface area contributed by atoms with E-state index in [-0.39, 0.29) is 40.1 Å². The van der Waals surface area contributed by atoms with Crippen LogP contribution in [0.15, 0.2) is 74.2 Å². The molecular formula is C16H13BrN3NaO3S. The van der Waals surface area contributed by atoms with Gasteiger partial charge in [-0.25, -0.2) is 0 Å². The third-order valence-electron chi connectivity index (χ3n) is 3.40. The SMILES string of the molecule is Nc1c(/N=N/c2ccc(Br)cc2)cc(S(=O)(=O)O)c2ccccc12.[NaH]. The maximum atomic E-state index is 11.7. The third kappa shape index (κ3) is 4.46. The van der Waals surface area contributed by atoms with Gasteiger partial charge in [0.15, 0.2) is 0 Å². The average molecular weight is 430 g/mol. The van der Waals surface area contributed by atoms with Crippen LogP contribution in [0.25, 0.3) is 10.8 Å². The number of nitrogens with two attached hydrogens (primary N) is 1. The van der Waals surface area contributed by atoms with Crippen molar-refractivity contribution < 1.29 is 13.0 Å². The van der Waals surface area contributed by atoms with Crippen LogP contribution in [0.3, 0.4) is 0 Å². The van der Waals surface area contributed by atoms with Gasteiger partial charge in [0, 0.05) is 15.2 Å². The van der Waals surface area contributed by atoms with Gasteiger partial charge in [0.1, 0.15) is 10.6 Å². The molecule has 3 aromatic carbocycles. The molecule has 0 radical (unpaired) electrons. The van der Waals surface area contributed by atoms with Crippen molar-refractivity contribution in [3.05, 3.63) is 59.1 Å². The van der Waals surface area contributed by atoms with Crippen molar-refractivity contribution in [2.45, 2.75) is 4.90 Å². The van der Waals surface area contributed by atoms with Crippen LogP contribution in [0.1, 0.15) is 0 Å². The predicted molar refractivity (Wildman–Crippen MR) is 104 cm³/mol. The monoisotopic (exact) mass is 429 g/mol. The van der Waals surface area contributed by atoms with Crippen LogP contribution in [-0.2, 0) is 10.1 Å². The van der Waals surface area contributed by atoms with E-state index in [1.807, 2.05) is 12.1 Å². The van der Waals surface area contributed by atoms with E-state index in [0.717, 1.165) is 4.47 Å². The molecule has 0 heterocycles. The first-order valence-corrected chi connectivity index (χ1v) is 9.05. The summed E-state index contributed by atoms with van der Waals surface area (Å²) >= 11 is 3.32. The molecule has 0 spiro atoms. The average Bonchev–Trinajstić information content (AvgIpc) is 2.55. The Morgan fingerprint density at radius 2 is 1.56 bits per heavy atom. The second-order valence-electron chi connectivity index (χ2n) is 5.00. The molecule has 0 amide bonds. The normalized spacial score (nSPS) is 11.6. The van der Waals surface area contributed by atoms with Gasteiger partial charge in [-0.2, -0.15) is 13.5 Å². The number of benzene rings is 3. The summed E-state index contributed by atoms with van der Waals surface area (Å²) in [6.45, 7) is 0. The fourth-order valence-electron chi connectivity index (χ4n) is 2.27. The number of nitrogens with zero attached hydrogens (tertiary/aromatic N) is 2. The van der Waals surface area contributed by atoms with Gasteiger partial charge in [0.05, 0.1) is 11.4 Å². The van der Waals surface area contributed by atoms with E-state index in [4.69, 9.17) is 5.73 Å². The van der Waals surface area contributed by atoms with Crippen molar-refractivity contribution in [3.8, 4) is 0 Å². The van der Waals surface area contributed by atoms with Gasteiger partial charge in [-0.1, -0.05) is 40.2 Å². The zero-order chi connectivity index (χ0) is 17.3. The second-order valence-corrected chi connectivity index (χ2v) is 7.31. The van der Waals surface area contributed by atoms with Crippen molar-refractivity contribution in [2.24, 2.45) is 10.2 Å². The molecule has 9 heteroatoms. The molecule has 0 aromatic heterocycles. The maximum absolute atomic E-state index is 11.7. The number of anilines is 1. The Morgan fingerprint density at radius 3 is 2.16 bits per heavy atom. The number of fused-ring (bicyclic) bond motifs is 1. The Labute approximate surface area is 175 Å². The van der Waals surface area contributed by atoms with Crippen molar-refractivity contribution in [1.82, 2.24) is 0 Å². The number of hydrogen-bond acceptors (Lipinski definition) is 5. The zero-order valence-corrected chi connectivity index (χ0v) is 14.6. The van der Waals surface area contributed by atoms with E-state index in [1.165, 1.54) is 6.07 Å². The molecule has 0 aliphatic heterocycles. The second kappa shape index (κ2) is 7.94. The van der Waals surface area contributed by atoms with Crippen molar-refractivity contribution in [2.75, 3.05) is 5.73 Å². The van der Waals surface area contributed by atoms with Gasteiger partial charge in [0.2, 0.25) is 0 Å². The molecular weight excluding hydrogens is 417 g/mol. The summed E-state index contributed by atoms with van der Waals surface area (Å²) in [5, 5.41) is 8.91. The third-order valence-corrected chi connectivity index (χ3v) is 4.83. The van der Waals surface area contributed by atoms with E-state index in [0.29, 0.717) is 22.1 Å². The van der Waals surface area contributed by atoms with Crippen molar-refractivity contribution in [1.29, 1.82) is 0 Å². The van der Waals surface area contributed by atoms with E-state index in [2.05, 4.69) is 26.2 Å². The molecule has 6 nitrogen and oxygen atoms in total. The number of halogens is 1. The fraction of sp³-hybridized carbons (Fsp3) is 0. The first kappa shape index (κ1) is 20.0. The van der Waals surface area contributed by atoms with Crippen LogP contribution >= 0.6 is 15.9 Å². The molecule has 3 N–H and O–H groups in total. The van der Waals surface area contributed by atoms with E-state index >= 15 is 0 Å². The van der Waals surface area contributed by atoms with Crippen LogP contribution in [0.5, 0.6) is 0 Å². The summed E-state index contributed by atoms with van der Waals surface area (Å²) in [6, 6.07) is 15.0. The zero-order valence-electron chi connectivity index (χ0n) is 12.2. The van der Waals surface area contributed by atoms with Crippen molar-refractivity contribution >= 4 is 83.4 Å². The molecule has 25 heavy (non-hydrogen) atoms. The molecule has 0 unspecified atom stereocenters. The number of nitrogen functional groups attached to an aromatic ring is 1. The standard InChI is InChI=1S/C16H12BrN3O3S.Na.H/c17-10-5-7-11(8-6-10)19-20-14-9-15(24(21,22)23)12-3-1-2-4-13(12)16(14)18;;/h1-9H,18H2,(H,21,22,23);;/b20-19+;;. The van der Waals surface area contributed by atoms with Crippen LogP contribution in [0, 0.1) is 0 Å². The van der Waals surface area contributed by atoms with Crippen LogP contribution in [-0.4, -0.2) is 42.5 Å². The Balaban J connectivity index is 0.00000225. The molecule has 0 fully saturated rings. The predicted octanol–water partition coefficient (Wildman–Crippen LogP) is 4.20. The molecule has 3 aromatic rings. The Hall–Kier alpha value is -1.29. The summed E-state index contributed by atoms with van der Waals surface area (Å²) in [5.41, 5.74) is 7.13. The molecule has 0 atom stereocenters. The molecule has 3 rings (SSSR count). The molecule has 0 saturated carbocycles. The minimum atomic E-state index is -4.42. The van der Waals surface area contributed by atoms with E-state index < -0.39 is 10.1 Å². The Bertz CT molecular complexity index is 1050. The fourth-order valence-corrected chi connectivity index (χ4v) is 3.25.